The first-order valence-electron chi connectivity index (χ1n) is 5.60. The molecule has 5 N–H and O–H groups in total. The molecule has 7 heteroatoms. The van der Waals surface area contributed by atoms with Crippen LogP contribution in [0.5, 0.6) is 0 Å². The predicted octanol–water partition coefficient (Wildman–Crippen LogP) is -2.68. The smallest absolute Gasteiger partial charge is 0.239 e. The quantitative estimate of drug-likeness (QED) is 0.363. The summed E-state index contributed by atoms with van der Waals surface area (Å²) in [7, 11) is 0. The highest BCUT2D eigenvalue weighted by molar-refractivity contribution is 5.87. The van der Waals surface area contributed by atoms with Gasteiger partial charge in [-0.2, -0.15) is 0 Å². The Morgan fingerprint density at radius 3 is 2.59 bits per heavy atom. The minimum atomic E-state index is -1.000. The van der Waals surface area contributed by atoms with E-state index in [0.717, 1.165) is 0 Å². The van der Waals surface area contributed by atoms with Crippen molar-refractivity contribution in [3.8, 4) is 0 Å². The highest BCUT2D eigenvalue weighted by atomic mass is 16.3. The number of aliphatic hydroxyl groups is 2. The second-order valence-corrected chi connectivity index (χ2v) is 4.18. The maximum atomic E-state index is 11.8. The average Bonchev–Trinajstić information content (AvgIpc) is 2.37. The molecule has 17 heavy (non-hydrogen) atoms. The second kappa shape index (κ2) is 5.95. The molecule has 0 aromatic rings. The van der Waals surface area contributed by atoms with Gasteiger partial charge in [0.15, 0.2) is 0 Å². The third kappa shape index (κ3) is 3.39. The Morgan fingerprint density at radius 2 is 2.18 bits per heavy atom. The monoisotopic (exact) mass is 245 g/mol. The van der Waals surface area contributed by atoms with E-state index in [1.54, 1.807) is 6.92 Å². The molecule has 1 unspecified atom stereocenters. The lowest BCUT2D eigenvalue weighted by atomic mass is 9.97. The van der Waals surface area contributed by atoms with E-state index in [1.807, 2.05) is 0 Å². The molecule has 98 valence electrons. The molecule has 0 radical (unpaired) electrons. The fourth-order valence-electron chi connectivity index (χ4n) is 1.54. The molecule has 1 atom stereocenters. The summed E-state index contributed by atoms with van der Waals surface area (Å²) >= 11 is 0. The number of amides is 2. The van der Waals surface area contributed by atoms with Crippen LogP contribution in [0.1, 0.15) is 13.3 Å². The maximum Gasteiger partial charge on any atom is 0.239 e. The van der Waals surface area contributed by atoms with Crippen LogP contribution in [0.4, 0.5) is 0 Å². The van der Waals surface area contributed by atoms with Gasteiger partial charge in [0, 0.05) is 6.54 Å². The summed E-state index contributed by atoms with van der Waals surface area (Å²) in [6.07, 6.45) is 0.421. The van der Waals surface area contributed by atoms with E-state index < -0.39 is 11.6 Å². The van der Waals surface area contributed by atoms with Crippen molar-refractivity contribution in [2.24, 2.45) is 0 Å². The molecule has 1 heterocycles. The van der Waals surface area contributed by atoms with Crippen molar-refractivity contribution in [2.75, 3.05) is 26.3 Å². The van der Waals surface area contributed by atoms with Gasteiger partial charge in [0.25, 0.3) is 0 Å². The van der Waals surface area contributed by atoms with Crippen LogP contribution in [-0.2, 0) is 9.59 Å². The highest BCUT2D eigenvalue weighted by Crippen LogP contribution is 2.08. The number of hydrogen-bond acceptors (Lipinski definition) is 5. The van der Waals surface area contributed by atoms with Crippen LogP contribution >= 0.6 is 0 Å². The molecular formula is C10H19N3O4. The van der Waals surface area contributed by atoms with E-state index in [4.69, 9.17) is 0 Å². The molecule has 0 bridgehead atoms. The Bertz CT molecular complexity index is 273. The summed E-state index contributed by atoms with van der Waals surface area (Å²) in [4.78, 5) is 22.7. The number of carbonyl (C=O) groups excluding carboxylic acids is 2. The Balaban J connectivity index is 2.55. The molecule has 2 amide bonds. The van der Waals surface area contributed by atoms with E-state index >= 15 is 0 Å². The maximum absolute atomic E-state index is 11.8. The summed E-state index contributed by atoms with van der Waals surface area (Å²) in [6.45, 7) is 1.41. The number of aliphatic hydroxyl groups excluding tert-OH is 2. The van der Waals surface area contributed by atoms with E-state index in [1.165, 1.54) is 0 Å². The molecular weight excluding hydrogens is 226 g/mol. The summed E-state index contributed by atoms with van der Waals surface area (Å²) in [6, 6.07) is -0.531. The van der Waals surface area contributed by atoms with Crippen molar-refractivity contribution in [2.45, 2.75) is 24.9 Å². The van der Waals surface area contributed by atoms with Crippen LogP contribution in [0.3, 0.4) is 0 Å². The lowest BCUT2D eigenvalue weighted by Crippen LogP contribution is -2.63. The molecule has 1 rings (SSSR count). The minimum absolute atomic E-state index is 0.0927. The largest absolute Gasteiger partial charge is 0.394 e. The van der Waals surface area contributed by atoms with E-state index in [-0.39, 0.29) is 38.1 Å². The Labute approximate surface area is 99.6 Å². The molecule has 0 spiro atoms. The van der Waals surface area contributed by atoms with Gasteiger partial charge in [0.1, 0.15) is 6.04 Å². The molecule has 0 aromatic heterocycles. The van der Waals surface area contributed by atoms with Gasteiger partial charge in [0.05, 0.1) is 25.3 Å². The van der Waals surface area contributed by atoms with Gasteiger partial charge in [-0.3, -0.25) is 14.9 Å². The predicted molar refractivity (Wildman–Crippen MR) is 60.1 cm³/mol. The van der Waals surface area contributed by atoms with Crippen molar-refractivity contribution in [1.82, 2.24) is 16.0 Å². The van der Waals surface area contributed by atoms with Crippen molar-refractivity contribution in [3.05, 3.63) is 0 Å². The van der Waals surface area contributed by atoms with Gasteiger partial charge in [-0.25, -0.2) is 0 Å². The SMILES string of the molecule is CCC(CO)(CO)NC(=O)C1CNC(=O)CN1. The molecule has 1 aliphatic rings. The van der Waals surface area contributed by atoms with Crippen LogP contribution in [0.2, 0.25) is 0 Å². The summed E-state index contributed by atoms with van der Waals surface area (Å²) in [5, 5.41) is 26.4. The first kappa shape index (κ1) is 13.9. The van der Waals surface area contributed by atoms with Crippen LogP contribution in [0, 0.1) is 0 Å². The second-order valence-electron chi connectivity index (χ2n) is 4.18. The highest BCUT2D eigenvalue weighted by Gasteiger charge is 2.32. The van der Waals surface area contributed by atoms with Gasteiger partial charge in [0.2, 0.25) is 11.8 Å². The standard InChI is InChI=1S/C10H19N3O4/c1-2-10(5-14,6-15)13-9(17)7-3-12-8(16)4-11-7/h7,11,14-15H,2-6H2,1H3,(H,12,16)(H,13,17). The van der Waals surface area contributed by atoms with Crippen LogP contribution in [-0.4, -0.2) is 59.9 Å². The van der Waals surface area contributed by atoms with Gasteiger partial charge in [-0.15, -0.1) is 0 Å². The van der Waals surface area contributed by atoms with Gasteiger partial charge in [-0.05, 0) is 6.42 Å². The third-order valence-corrected chi connectivity index (χ3v) is 3.00. The van der Waals surface area contributed by atoms with Gasteiger partial charge in [-0.1, -0.05) is 6.92 Å². The lowest BCUT2D eigenvalue weighted by molar-refractivity contribution is -0.129. The van der Waals surface area contributed by atoms with E-state index in [0.29, 0.717) is 6.42 Å². The van der Waals surface area contributed by atoms with E-state index in [9.17, 15) is 19.8 Å². The fourth-order valence-corrected chi connectivity index (χ4v) is 1.54. The van der Waals surface area contributed by atoms with E-state index in [2.05, 4.69) is 16.0 Å². The van der Waals surface area contributed by atoms with Crippen molar-refractivity contribution in [1.29, 1.82) is 0 Å². The van der Waals surface area contributed by atoms with Crippen molar-refractivity contribution >= 4 is 11.8 Å². The van der Waals surface area contributed by atoms with Crippen LogP contribution in [0.15, 0.2) is 0 Å². The van der Waals surface area contributed by atoms with Crippen LogP contribution < -0.4 is 16.0 Å². The molecule has 0 aromatic carbocycles. The molecule has 7 nitrogen and oxygen atoms in total. The number of hydrogen-bond donors (Lipinski definition) is 5. The number of carbonyl (C=O) groups is 2. The van der Waals surface area contributed by atoms with Gasteiger partial charge >= 0.3 is 0 Å². The molecule has 1 fully saturated rings. The number of nitrogens with one attached hydrogen (secondary N) is 3. The summed E-state index contributed by atoms with van der Waals surface area (Å²) < 4.78 is 0. The summed E-state index contributed by atoms with van der Waals surface area (Å²) in [5.74, 6) is -0.491. The molecule has 1 aliphatic heterocycles. The average molecular weight is 245 g/mol. The number of piperazine rings is 1. The topological polar surface area (TPSA) is 111 Å². The molecule has 0 saturated carbocycles. The molecule has 1 saturated heterocycles. The normalized spacial score (nSPS) is 20.9. The summed E-state index contributed by atoms with van der Waals surface area (Å²) in [5.41, 5.74) is -1.000. The zero-order valence-corrected chi connectivity index (χ0v) is 9.82. The molecule has 0 aliphatic carbocycles. The zero-order chi connectivity index (χ0) is 12.9. The Morgan fingerprint density at radius 1 is 1.53 bits per heavy atom. The van der Waals surface area contributed by atoms with Crippen molar-refractivity contribution in [3.63, 3.8) is 0 Å². The minimum Gasteiger partial charge on any atom is -0.394 e. The lowest BCUT2D eigenvalue weighted by Gasteiger charge is -2.32. The van der Waals surface area contributed by atoms with Crippen LogP contribution in [0.25, 0.3) is 0 Å². The third-order valence-electron chi connectivity index (χ3n) is 3.00. The van der Waals surface area contributed by atoms with Crippen molar-refractivity contribution < 1.29 is 19.8 Å². The Kier molecular flexibility index (Phi) is 4.86. The number of rotatable bonds is 5. The zero-order valence-electron chi connectivity index (χ0n) is 9.82. The first-order chi connectivity index (χ1) is 8.06. The van der Waals surface area contributed by atoms with Gasteiger partial charge < -0.3 is 20.8 Å². The fraction of sp³-hybridized carbons (Fsp3) is 0.800. The first-order valence-corrected chi connectivity index (χ1v) is 5.60. The Hall–Kier alpha value is -1.18.